The van der Waals surface area contributed by atoms with Crippen molar-refractivity contribution in [1.82, 2.24) is 9.47 Å². The highest BCUT2D eigenvalue weighted by Gasteiger charge is 2.26. The summed E-state index contributed by atoms with van der Waals surface area (Å²) in [5, 5.41) is 3.11. The van der Waals surface area contributed by atoms with E-state index in [2.05, 4.69) is 5.32 Å². The summed E-state index contributed by atoms with van der Waals surface area (Å²) in [4.78, 5) is 27.2. The topological polar surface area (TPSA) is 97.7 Å². The van der Waals surface area contributed by atoms with E-state index >= 15 is 0 Å². The minimum absolute atomic E-state index is 0.0323. The summed E-state index contributed by atoms with van der Waals surface area (Å²) in [7, 11) is -2.44. The number of hydrogen-bond donors (Lipinski definition) is 1. The van der Waals surface area contributed by atoms with Gasteiger partial charge in [-0.3, -0.25) is 9.59 Å². The van der Waals surface area contributed by atoms with E-state index in [0.29, 0.717) is 22.3 Å². The first-order valence-corrected chi connectivity index (χ1v) is 12.5. The fourth-order valence-electron chi connectivity index (χ4n) is 4.13. The first kappa shape index (κ1) is 22.8. The Balaban J connectivity index is 1.56. The number of rotatable bonds is 7. The average Bonchev–Trinajstić information content (AvgIpc) is 3.19. The molecular formula is C24H27N3O5S. The third-order valence-corrected chi connectivity index (χ3v) is 7.41. The van der Waals surface area contributed by atoms with Gasteiger partial charge in [-0.2, -0.15) is 0 Å². The zero-order valence-corrected chi connectivity index (χ0v) is 19.3. The van der Waals surface area contributed by atoms with Crippen LogP contribution in [0.1, 0.15) is 19.3 Å². The lowest BCUT2D eigenvalue weighted by Gasteiger charge is -2.27. The lowest BCUT2D eigenvalue weighted by atomic mass is 10.1. The molecule has 2 amide bonds. The molecule has 0 saturated carbocycles. The summed E-state index contributed by atoms with van der Waals surface area (Å²) in [6.45, 7) is 1.52. The number of fused-ring (bicyclic) bond motifs is 1. The maximum Gasteiger partial charge on any atom is 0.242 e. The quantitative estimate of drug-likeness (QED) is 0.574. The fraction of sp³-hybridized carbons (Fsp3) is 0.333. The lowest BCUT2D eigenvalue weighted by molar-refractivity contribution is -0.132. The molecule has 8 nitrogen and oxygen atoms in total. The van der Waals surface area contributed by atoms with Gasteiger partial charge in [-0.15, -0.1) is 0 Å². The molecule has 0 aliphatic carbocycles. The average molecular weight is 470 g/mol. The highest BCUT2D eigenvalue weighted by Crippen LogP contribution is 2.27. The molecule has 1 aromatic heterocycles. The molecule has 174 valence electrons. The summed E-state index contributed by atoms with van der Waals surface area (Å²) in [5.74, 6) is -0.838. The third-order valence-electron chi connectivity index (χ3n) is 5.78. The Hall–Kier alpha value is -3.33. The summed E-state index contributed by atoms with van der Waals surface area (Å²) in [6.07, 6.45) is 4.57. The van der Waals surface area contributed by atoms with Crippen LogP contribution in [0.2, 0.25) is 0 Å². The summed E-state index contributed by atoms with van der Waals surface area (Å²) >= 11 is 0. The van der Waals surface area contributed by atoms with Crippen LogP contribution in [0.5, 0.6) is 5.75 Å². The largest absolute Gasteiger partial charge is 0.497 e. The van der Waals surface area contributed by atoms with Crippen LogP contribution in [-0.4, -0.2) is 55.7 Å². The highest BCUT2D eigenvalue weighted by molar-refractivity contribution is 7.92. The Labute approximate surface area is 193 Å². The van der Waals surface area contributed by atoms with Crippen LogP contribution < -0.4 is 10.1 Å². The van der Waals surface area contributed by atoms with Crippen LogP contribution in [0.4, 0.5) is 5.69 Å². The molecule has 4 rings (SSSR count). The minimum Gasteiger partial charge on any atom is -0.497 e. The van der Waals surface area contributed by atoms with Gasteiger partial charge in [0, 0.05) is 41.9 Å². The van der Waals surface area contributed by atoms with Gasteiger partial charge in [0.1, 0.15) is 18.0 Å². The van der Waals surface area contributed by atoms with Gasteiger partial charge in [0.05, 0.1) is 12.0 Å². The SMILES string of the molecule is COc1cccc(NC(=O)CS(=O)(=O)c2cn(CC(=O)N3CCCCC3)c3ccccc23)c1. The number of anilines is 1. The molecule has 0 radical (unpaired) electrons. The number of carbonyl (C=O) groups excluding carboxylic acids is 2. The monoisotopic (exact) mass is 469 g/mol. The van der Waals surface area contributed by atoms with Crippen LogP contribution in [-0.2, 0) is 26.0 Å². The van der Waals surface area contributed by atoms with Gasteiger partial charge in [0.25, 0.3) is 0 Å². The van der Waals surface area contributed by atoms with Crippen molar-refractivity contribution in [2.24, 2.45) is 0 Å². The Bertz CT molecular complexity index is 1280. The summed E-state index contributed by atoms with van der Waals surface area (Å²) < 4.78 is 33.1. The number of piperidine rings is 1. The second-order valence-electron chi connectivity index (χ2n) is 8.12. The first-order valence-electron chi connectivity index (χ1n) is 10.9. The summed E-state index contributed by atoms with van der Waals surface area (Å²) in [6, 6.07) is 13.7. The van der Waals surface area contributed by atoms with Gasteiger partial charge in [0.15, 0.2) is 9.84 Å². The number of methoxy groups -OCH3 is 1. The van der Waals surface area contributed by atoms with Gasteiger partial charge in [-0.25, -0.2) is 8.42 Å². The molecule has 9 heteroatoms. The van der Waals surface area contributed by atoms with Crippen LogP contribution >= 0.6 is 0 Å². The van der Waals surface area contributed by atoms with E-state index in [1.807, 2.05) is 4.90 Å². The fourth-order valence-corrected chi connectivity index (χ4v) is 5.50. The molecule has 33 heavy (non-hydrogen) atoms. The van der Waals surface area contributed by atoms with Crippen molar-refractivity contribution < 1.29 is 22.7 Å². The second kappa shape index (κ2) is 9.66. The van der Waals surface area contributed by atoms with Crippen molar-refractivity contribution in [3.05, 3.63) is 54.7 Å². The van der Waals surface area contributed by atoms with Crippen molar-refractivity contribution in [1.29, 1.82) is 0 Å². The first-order chi connectivity index (χ1) is 15.9. The van der Waals surface area contributed by atoms with E-state index in [9.17, 15) is 18.0 Å². The van der Waals surface area contributed by atoms with E-state index in [1.54, 1.807) is 53.1 Å². The Morgan fingerprint density at radius 2 is 1.79 bits per heavy atom. The molecule has 1 fully saturated rings. The third kappa shape index (κ3) is 5.19. The molecule has 1 aliphatic rings. The number of nitrogens with zero attached hydrogens (tertiary/aromatic N) is 2. The number of amides is 2. The predicted molar refractivity (Wildman–Crippen MR) is 126 cm³/mol. The normalized spacial score (nSPS) is 14.3. The molecule has 0 bridgehead atoms. The van der Waals surface area contributed by atoms with E-state index in [0.717, 1.165) is 32.4 Å². The van der Waals surface area contributed by atoms with Crippen LogP contribution in [0.15, 0.2) is 59.6 Å². The number of nitrogens with one attached hydrogen (secondary N) is 1. The molecule has 1 aliphatic heterocycles. The van der Waals surface area contributed by atoms with Crippen molar-refractivity contribution in [3.8, 4) is 5.75 Å². The number of carbonyl (C=O) groups is 2. The number of sulfone groups is 1. The maximum absolute atomic E-state index is 13.2. The van der Waals surface area contributed by atoms with Gasteiger partial charge >= 0.3 is 0 Å². The molecule has 1 saturated heterocycles. The second-order valence-corrected chi connectivity index (χ2v) is 10.1. The van der Waals surface area contributed by atoms with Crippen molar-refractivity contribution in [3.63, 3.8) is 0 Å². The number of para-hydroxylation sites is 1. The molecule has 0 atom stereocenters. The zero-order chi connectivity index (χ0) is 23.4. The van der Waals surface area contributed by atoms with Gasteiger partial charge < -0.3 is 19.5 Å². The van der Waals surface area contributed by atoms with Crippen molar-refractivity contribution in [2.75, 3.05) is 31.3 Å². The zero-order valence-electron chi connectivity index (χ0n) is 18.5. The van der Waals surface area contributed by atoms with E-state index in [1.165, 1.54) is 13.3 Å². The molecule has 1 N–H and O–H groups in total. The van der Waals surface area contributed by atoms with Crippen LogP contribution in [0.25, 0.3) is 10.9 Å². The number of ether oxygens (including phenoxy) is 1. The van der Waals surface area contributed by atoms with E-state index in [4.69, 9.17) is 4.74 Å². The Morgan fingerprint density at radius 3 is 2.55 bits per heavy atom. The number of benzene rings is 2. The lowest BCUT2D eigenvalue weighted by Crippen LogP contribution is -2.37. The Morgan fingerprint density at radius 1 is 1.03 bits per heavy atom. The molecular weight excluding hydrogens is 442 g/mol. The maximum atomic E-state index is 13.2. The molecule has 3 aromatic rings. The van der Waals surface area contributed by atoms with Gasteiger partial charge in [0.2, 0.25) is 11.8 Å². The molecule has 2 heterocycles. The number of aromatic nitrogens is 1. The predicted octanol–water partition coefficient (Wildman–Crippen LogP) is 3.07. The number of likely N-dealkylation sites (tertiary alicyclic amines) is 1. The van der Waals surface area contributed by atoms with Gasteiger partial charge in [-0.1, -0.05) is 24.3 Å². The minimum atomic E-state index is -3.95. The van der Waals surface area contributed by atoms with Crippen molar-refractivity contribution >= 4 is 38.2 Å². The van der Waals surface area contributed by atoms with Crippen molar-refractivity contribution in [2.45, 2.75) is 30.7 Å². The molecule has 0 spiro atoms. The van der Waals surface area contributed by atoms with E-state index in [-0.39, 0.29) is 17.3 Å². The van der Waals surface area contributed by atoms with Gasteiger partial charge in [-0.05, 0) is 37.5 Å². The van der Waals surface area contributed by atoms with Crippen LogP contribution in [0.3, 0.4) is 0 Å². The highest BCUT2D eigenvalue weighted by atomic mass is 32.2. The number of hydrogen-bond acceptors (Lipinski definition) is 5. The standard InChI is InChI=1S/C24H27N3O5S/c1-32-19-9-7-8-18(14-19)25-23(28)17-33(30,31)22-15-27(21-11-4-3-10-20(21)22)16-24(29)26-12-5-2-6-13-26/h3-4,7-11,14-15H,2,5-6,12-13,16-17H2,1H3,(H,25,28). The summed E-state index contributed by atoms with van der Waals surface area (Å²) in [5.41, 5.74) is 1.10. The molecule has 2 aromatic carbocycles. The van der Waals surface area contributed by atoms with E-state index < -0.39 is 21.5 Å². The molecule has 0 unspecified atom stereocenters. The smallest absolute Gasteiger partial charge is 0.242 e. The Kier molecular flexibility index (Phi) is 6.69. The van der Waals surface area contributed by atoms with Crippen LogP contribution in [0, 0.1) is 0 Å².